The van der Waals surface area contributed by atoms with E-state index in [2.05, 4.69) is 135 Å². The maximum Gasteiger partial charge on any atom is 0.123 e. The topological polar surface area (TPSA) is 83.0 Å². The summed E-state index contributed by atoms with van der Waals surface area (Å²) < 4.78 is 14.8. The van der Waals surface area contributed by atoms with Gasteiger partial charge < -0.3 is 19.7 Å². The minimum Gasteiger partial charge on any atom is -0.393 e. The van der Waals surface area contributed by atoms with Crippen LogP contribution in [0.3, 0.4) is 0 Å². The highest BCUT2D eigenvalue weighted by Gasteiger charge is 2.85. The fraction of sp³-hybridized carbons (Fsp3) is 1.00. The van der Waals surface area contributed by atoms with Gasteiger partial charge in [0.2, 0.25) is 0 Å². The van der Waals surface area contributed by atoms with Crippen molar-refractivity contribution in [3.05, 3.63) is 0 Å². The molecule has 0 radical (unpaired) electrons. The van der Waals surface area contributed by atoms with Crippen molar-refractivity contribution in [2.45, 2.75) is 309 Å². The minimum absolute atomic E-state index is 0. The van der Waals surface area contributed by atoms with E-state index >= 15 is 0 Å². The van der Waals surface area contributed by atoms with Crippen LogP contribution in [0.5, 0.6) is 0 Å². The second-order valence-electron chi connectivity index (χ2n) is 32.8. The lowest BCUT2D eigenvalue weighted by Gasteiger charge is -2.73. The number of aliphatic hydroxyl groups is 2. The molecule has 24 atom stereocenters. The molecule has 12 fully saturated rings. The van der Waals surface area contributed by atoms with Crippen LogP contribution in [0.15, 0.2) is 0 Å². The molecule has 0 aromatic heterocycles. The fourth-order valence-electron chi connectivity index (χ4n) is 25.8. The van der Waals surface area contributed by atoms with Crippen LogP contribution in [0.25, 0.3) is 0 Å². The largest absolute Gasteiger partial charge is 0.393 e. The first kappa shape index (κ1) is 57.4. The normalized spacial score (nSPS) is 63.4. The Morgan fingerprint density at radius 1 is 0.397 bits per heavy atom. The van der Waals surface area contributed by atoms with E-state index < -0.39 is 0 Å². The van der Waals surface area contributed by atoms with Crippen molar-refractivity contribution < 1.29 is 19.7 Å². The van der Waals surface area contributed by atoms with Crippen LogP contribution < -0.4 is 10.6 Å². The molecular weight excluding hydrogens is 897 g/mol. The molecule has 422 valence electrons. The number of nitrogens with one attached hydrogen (secondary N) is 2. The van der Waals surface area contributed by atoms with Gasteiger partial charge in [-0.3, -0.25) is 10.6 Å². The minimum atomic E-state index is -0.141. The van der Waals surface area contributed by atoms with E-state index in [4.69, 9.17) is 9.47 Å². The molecule has 8 saturated carbocycles. The van der Waals surface area contributed by atoms with Gasteiger partial charge in [0.15, 0.2) is 0 Å². The first-order valence-corrected chi connectivity index (χ1v) is 31.4. The third kappa shape index (κ3) is 6.39. The Kier molecular flexibility index (Phi) is 13.3. The number of rotatable bonds is 0. The Balaban J connectivity index is 0.000000172. The van der Waals surface area contributed by atoms with Crippen molar-refractivity contribution in [2.24, 2.45) is 100 Å². The summed E-state index contributed by atoms with van der Waals surface area (Å²) in [5, 5.41) is 29.3. The molecule has 4 aliphatic heterocycles. The number of aliphatic hydroxyl groups excluding tert-OH is 2. The van der Waals surface area contributed by atoms with Crippen molar-refractivity contribution in [1.82, 2.24) is 10.6 Å². The van der Waals surface area contributed by atoms with Gasteiger partial charge in [0.1, 0.15) is 11.4 Å². The van der Waals surface area contributed by atoms with Gasteiger partial charge in [0.05, 0.1) is 23.4 Å². The highest BCUT2D eigenvalue weighted by Crippen LogP contribution is 2.88. The van der Waals surface area contributed by atoms with Gasteiger partial charge in [-0.2, -0.15) is 0 Å². The maximum atomic E-state index is 10.7. The molecule has 6 nitrogen and oxygen atoms in total. The second-order valence-corrected chi connectivity index (χ2v) is 32.8. The Morgan fingerprint density at radius 3 is 1.05 bits per heavy atom. The van der Waals surface area contributed by atoms with Crippen LogP contribution in [-0.4, -0.2) is 58.2 Å². The fourth-order valence-corrected chi connectivity index (χ4v) is 25.8. The van der Waals surface area contributed by atoms with Crippen LogP contribution >= 0.6 is 0 Å². The first-order valence-electron chi connectivity index (χ1n) is 31.4. The highest BCUT2D eigenvalue weighted by atomic mass is 16.6. The molecule has 6 heteroatoms. The number of fused-ring (bicyclic) bond motifs is 14. The number of ether oxygens (including phenoxy) is 2. The molecule has 2 spiro atoms. The number of hydrogen-bond donors (Lipinski definition) is 4. The van der Waals surface area contributed by atoms with Crippen molar-refractivity contribution in [3.63, 3.8) is 0 Å². The zero-order chi connectivity index (χ0) is 53.0. The highest BCUT2D eigenvalue weighted by molar-refractivity contribution is 5.33. The number of hydrogen-bond acceptors (Lipinski definition) is 6. The summed E-state index contributed by atoms with van der Waals surface area (Å²) in [5.74, 6) is 3.98. The third-order valence-corrected chi connectivity index (χ3v) is 31.7. The second kappa shape index (κ2) is 16.9. The molecule has 4 saturated heterocycles. The maximum absolute atomic E-state index is 10.7. The Morgan fingerprint density at radius 2 is 0.740 bits per heavy atom. The SMILES string of the molecule is C.CC.C[C@H]1CC[C@]2(NC1)O[C@@]1(C)C[C@@]3(C)[C@@H]4CC[C@@]5(C)C[C@@H](O)CC[C@]5(C)[C@@]4(C)CC[C@]3(C)[C@@]1(C)[C@@H]2C.C[C@H]1CC[C@]2(NC1)O[C@@]1(C)C[C@@]3(C)[C@@H]4CC[C@@]5(C)C[C@H](O)CC[C@]5(C)[C@@]4(C)CC[C@]3(C)[C@@]1(C)[C@@H]2C. The zero-order valence-corrected chi connectivity index (χ0v) is 50.9. The van der Waals surface area contributed by atoms with Crippen molar-refractivity contribution in [3.8, 4) is 0 Å². The lowest BCUT2D eigenvalue weighted by Crippen LogP contribution is -2.67. The van der Waals surface area contributed by atoms with Gasteiger partial charge in [-0.05, 0) is 220 Å². The average molecular weight is 1020 g/mol. The van der Waals surface area contributed by atoms with E-state index in [-0.39, 0.29) is 85.6 Å². The predicted molar refractivity (Wildman–Crippen MR) is 304 cm³/mol. The zero-order valence-electron chi connectivity index (χ0n) is 50.9. The molecule has 0 unspecified atom stereocenters. The van der Waals surface area contributed by atoms with E-state index in [1.807, 2.05) is 13.8 Å². The van der Waals surface area contributed by atoms with Crippen LogP contribution in [0.4, 0.5) is 0 Å². The van der Waals surface area contributed by atoms with Gasteiger partial charge in [-0.25, -0.2) is 0 Å². The van der Waals surface area contributed by atoms with E-state index in [1.54, 1.807) is 0 Å². The summed E-state index contributed by atoms with van der Waals surface area (Å²) in [7, 11) is 0. The van der Waals surface area contributed by atoms with E-state index in [1.165, 1.54) is 89.9 Å². The number of piperidine rings is 2. The van der Waals surface area contributed by atoms with Crippen LogP contribution in [0, 0.1) is 100 Å². The van der Waals surface area contributed by atoms with E-state index in [0.717, 1.165) is 75.3 Å². The third-order valence-electron chi connectivity index (χ3n) is 31.7. The molecule has 0 aromatic rings. The van der Waals surface area contributed by atoms with Gasteiger partial charge in [-0.15, -0.1) is 0 Å². The van der Waals surface area contributed by atoms with E-state index in [0.29, 0.717) is 33.5 Å². The monoisotopic (exact) mass is 1020 g/mol. The molecular formula is C67H120N2O4. The molecule has 12 aliphatic rings. The lowest BCUT2D eigenvalue weighted by molar-refractivity contribution is -0.255. The Labute approximate surface area is 451 Å². The molecule has 8 aliphatic carbocycles. The van der Waals surface area contributed by atoms with Crippen LogP contribution in [-0.2, 0) is 9.47 Å². The van der Waals surface area contributed by atoms with Gasteiger partial charge in [0, 0.05) is 35.8 Å². The predicted octanol–water partition coefficient (Wildman–Crippen LogP) is 16.3. The molecule has 12 rings (SSSR count). The first-order chi connectivity index (χ1) is 33.1. The standard InChI is InChI=1S/2C32H55NO2.C2H6.CH4/c2*1-21-10-15-32(33-19-21)22(2)31(9)29(7)17-16-26(4)24(27(29,5)20-30(31,8)35-32)12-13-25(3)18-23(34)11-14-28(25,26)6;1-2;/h2*21-24,33-34H,10-20H2,1-9H3;1-2H3;1H4/t21-,22-,23+,24+,25-,26-,27-,28-,29-,30-,31+,32-;21-,22-,23-,24+,25-,26-,27-,28-,29-,30-,31+,32-;;/m00../s1. The quantitative estimate of drug-likeness (QED) is 0.194. The van der Waals surface area contributed by atoms with Gasteiger partial charge in [0.25, 0.3) is 0 Å². The molecule has 0 amide bonds. The van der Waals surface area contributed by atoms with Gasteiger partial charge >= 0.3 is 0 Å². The van der Waals surface area contributed by atoms with Crippen molar-refractivity contribution >= 4 is 0 Å². The smallest absolute Gasteiger partial charge is 0.123 e. The lowest BCUT2D eigenvalue weighted by atomic mass is 9.31. The molecule has 4 heterocycles. The molecule has 0 bridgehead atoms. The summed E-state index contributed by atoms with van der Waals surface area (Å²) >= 11 is 0. The van der Waals surface area contributed by atoms with Crippen molar-refractivity contribution in [1.29, 1.82) is 0 Å². The van der Waals surface area contributed by atoms with E-state index in [9.17, 15) is 10.2 Å². The average Bonchev–Trinajstić information content (AvgIpc) is 3.71. The van der Waals surface area contributed by atoms with Crippen molar-refractivity contribution in [2.75, 3.05) is 13.1 Å². The van der Waals surface area contributed by atoms with Gasteiger partial charge in [-0.1, -0.05) is 132 Å². The summed E-state index contributed by atoms with van der Waals surface area (Å²) in [6, 6.07) is 0. The summed E-state index contributed by atoms with van der Waals surface area (Å²) in [5.41, 5.74) is 2.77. The molecule has 4 N–H and O–H groups in total. The Hall–Kier alpha value is -0.240. The molecule has 0 aromatic carbocycles. The summed E-state index contributed by atoms with van der Waals surface area (Å²) in [4.78, 5) is 0. The van der Waals surface area contributed by atoms with Crippen LogP contribution in [0.2, 0.25) is 0 Å². The molecule has 73 heavy (non-hydrogen) atoms. The summed E-state index contributed by atoms with van der Waals surface area (Å²) in [6.45, 7) is 52.8. The van der Waals surface area contributed by atoms with Crippen LogP contribution in [0.1, 0.15) is 274 Å². The Bertz CT molecular complexity index is 1970. The summed E-state index contributed by atoms with van der Waals surface area (Å²) in [6.07, 6.45) is 24.0.